The molecular formula is C19H23NO2. The first-order chi connectivity index (χ1) is 10.4. The van der Waals surface area contributed by atoms with Crippen LogP contribution in [0, 0.1) is 19.8 Å². The largest absolute Gasteiger partial charge is 0.308 e. The molecule has 116 valence electrons. The van der Waals surface area contributed by atoms with Gasteiger partial charge in [0.2, 0.25) is 0 Å². The van der Waals surface area contributed by atoms with Crippen molar-refractivity contribution in [1.82, 2.24) is 4.57 Å². The van der Waals surface area contributed by atoms with Crippen LogP contribution in [0.2, 0.25) is 0 Å². The van der Waals surface area contributed by atoms with Crippen LogP contribution in [0.1, 0.15) is 41.8 Å². The quantitative estimate of drug-likeness (QED) is 0.783. The summed E-state index contributed by atoms with van der Waals surface area (Å²) in [6, 6.07) is 9.73. The Labute approximate surface area is 131 Å². The minimum Gasteiger partial charge on any atom is -0.308 e. The molecule has 0 spiro atoms. The number of carbonyl (C=O) groups excluding carboxylic acids is 1. The summed E-state index contributed by atoms with van der Waals surface area (Å²) >= 11 is 0. The summed E-state index contributed by atoms with van der Waals surface area (Å²) in [5.41, 5.74) is 4.24. The number of pyridine rings is 1. The van der Waals surface area contributed by atoms with Gasteiger partial charge in [0.1, 0.15) is 0 Å². The van der Waals surface area contributed by atoms with Crippen molar-refractivity contribution >= 4 is 6.29 Å². The molecule has 3 nitrogen and oxygen atoms in total. The summed E-state index contributed by atoms with van der Waals surface area (Å²) in [7, 11) is 0. The maximum absolute atomic E-state index is 12.5. The van der Waals surface area contributed by atoms with Gasteiger partial charge in [-0.1, -0.05) is 31.5 Å². The highest BCUT2D eigenvalue weighted by Gasteiger charge is 2.12. The first-order valence-electron chi connectivity index (χ1n) is 7.70. The molecule has 0 aliphatic heterocycles. The highest BCUT2D eigenvalue weighted by atomic mass is 16.1. The van der Waals surface area contributed by atoms with Gasteiger partial charge < -0.3 is 4.57 Å². The third-order valence-electron chi connectivity index (χ3n) is 3.93. The lowest BCUT2D eigenvalue weighted by Gasteiger charge is -2.17. The maximum atomic E-state index is 12.5. The second-order valence-electron chi connectivity index (χ2n) is 6.25. The number of hydrogen-bond acceptors (Lipinski definition) is 2. The number of benzene rings is 1. The summed E-state index contributed by atoms with van der Waals surface area (Å²) in [4.78, 5) is 23.6. The van der Waals surface area contributed by atoms with Gasteiger partial charge in [0.25, 0.3) is 5.56 Å². The zero-order chi connectivity index (χ0) is 16.3. The molecule has 0 unspecified atom stereocenters. The molecule has 0 atom stereocenters. The Kier molecular flexibility index (Phi) is 4.96. The average Bonchev–Trinajstić information content (AvgIpc) is 2.48. The molecular weight excluding hydrogens is 274 g/mol. The third-order valence-corrected chi connectivity index (χ3v) is 3.93. The van der Waals surface area contributed by atoms with Gasteiger partial charge in [-0.05, 0) is 49.9 Å². The van der Waals surface area contributed by atoms with E-state index in [1.54, 1.807) is 10.6 Å². The van der Waals surface area contributed by atoms with Crippen LogP contribution in [0.25, 0.3) is 11.3 Å². The van der Waals surface area contributed by atoms with E-state index in [9.17, 15) is 9.59 Å². The molecule has 0 aliphatic carbocycles. The zero-order valence-electron chi connectivity index (χ0n) is 13.7. The van der Waals surface area contributed by atoms with Gasteiger partial charge >= 0.3 is 0 Å². The molecule has 0 amide bonds. The van der Waals surface area contributed by atoms with Crippen LogP contribution in [-0.4, -0.2) is 10.9 Å². The fourth-order valence-electron chi connectivity index (χ4n) is 2.54. The van der Waals surface area contributed by atoms with Crippen LogP contribution in [0.3, 0.4) is 0 Å². The predicted molar refractivity (Wildman–Crippen MR) is 90.5 cm³/mol. The first-order valence-corrected chi connectivity index (χ1v) is 7.70. The number of rotatable bonds is 5. The minimum atomic E-state index is -0.200. The lowest BCUT2D eigenvalue weighted by molar-refractivity contribution is 0.112. The monoisotopic (exact) mass is 297 g/mol. The summed E-state index contributed by atoms with van der Waals surface area (Å²) in [5.74, 6) is 0.498. The SMILES string of the molecule is Cc1ccc(C)c(-c2ccc(C=O)c(=O)n2CCC(C)C)c1. The summed E-state index contributed by atoms with van der Waals surface area (Å²) < 4.78 is 1.74. The zero-order valence-corrected chi connectivity index (χ0v) is 13.7. The predicted octanol–water partition coefficient (Wildman–Crippen LogP) is 3.99. The fraction of sp³-hybridized carbons (Fsp3) is 0.368. The van der Waals surface area contributed by atoms with Crippen LogP contribution in [0.4, 0.5) is 0 Å². The number of aldehydes is 1. The van der Waals surface area contributed by atoms with E-state index in [-0.39, 0.29) is 11.1 Å². The van der Waals surface area contributed by atoms with E-state index in [0.717, 1.165) is 28.8 Å². The van der Waals surface area contributed by atoms with Gasteiger partial charge in [-0.2, -0.15) is 0 Å². The maximum Gasteiger partial charge on any atom is 0.261 e. The number of hydrogen-bond donors (Lipinski definition) is 0. The normalized spacial score (nSPS) is 11.0. The lowest BCUT2D eigenvalue weighted by Crippen LogP contribution is -2.25. The van der Waals surface area contributed by atoms with E-state index in [1.807, 2.05) is 19.9 Å². The first kappa shape index (κ1) is 16.2. The lowest BCUT2D eigenvalue weighted by atomic mass is 10.0. The minimum absolute atomic E-state index is 0.200. The van der Waals surface area contributed by atoms with Crippen molar-refractivity contribution in [2.75, 3.05) is 0 Å². The molecule has 0 N–H and O–H groups in total. The molecule has 0 bridgehead atoms. The van der Waals surface area contributed by atoms with E-state index >= 15 is 0 Å². The van der Waals surface area contributed by atoms with E-state index in [1.165, 1.54) is 0 Å². The highest BCUT2D eigenvalue weighted by Crippen LogP contribution is 2.24. The van der Waals surface area contributed by atoms with Crippen molar-refractivity contribution in [3.8, 4) is 11.3 Å². The van der Waals surface area contributed by atoms with E-state index in [0.29, 0.717) is 18.7 Å². The molecule has 1 aromatic carbocycles. The van der Waals surface area contributed by atoms with E-state index in [4.69, 9.17) is 0 Å². The second-order valence-corrected chi connectivity index (χ2v) is 6.25. The molecule has 0 fully saturated rings. The topological polar surface area (TPSA) is 39.1 Å². The average molecular weight is 297 g/mol. The summed E-state index contributed by atoms with van der Waals surface area (Å²) in [6.45, 7) is 8.97. The van der Waals surface area contributed by atoms with Gasteiger partial charge in [0.05, 0.1) is 11.3 Å². The van der Waals surface area contributed by atoms with Crippen molar-refractivity contribution in [3.63, 3.8) is 0 Å². The van der Waals surface area contributed by atoms with E-state index in [2.05, 4.69) is 32.0 Å². The molecule has 1 aromatic heterocycles. The van der Waals surface area contributed by atoms with E-state index < -0.39 is 0 Å². The van der Waals surface area contributed by atoms with Crippen molar-refractivity contribution < 1.29 is 4.79 Å². The number of aryl methyl sites for hydroxylation is 2. The smallest absolute Gasteiger partial charge is 0.261 e. The Morgan fingerprint density at radius 3 is 2.50 bits per heavy atom. The van der Waals surface area contributed by atoms with Crippen LogP contribution < -0.4 is 5.56 Å². The van der Waals surface area contributed by atoms with Crippen LogP contribution in [-0.2, 0) is 6.54 Å². The Bertz CT molecular complexity index is 742. The van der Waals surface area contributed by atoms with Crippen molar-refractivity contribution in [2.24, 2.45) is 5.92 Å². The standard InChI is InChI=1S/C19H23NO2/c1-13(2)9-10-20-18(8-7-16(12-21)19(20)22)17-11-14(3)5-6-15(17)4/h5-8,11-13H,9-10H2,1-4H3. The third kappa shape index (κ3) is 3.35. The van der Waals surface area contributed by atoms with Crippen molar-refractivity contribution in [2.45, 2.75) is 40.7 Å². The number of nitrogens with zero attached hydrogens (tertiary/aromatic N) is 1. The number of carbonyl (C=O) groups is 1. The molecule has 2 aromatic rings. The van der Waals surface area contributed by atoms with Gasteiger partial charge in [0.15, 0.2) is 6.29 Å². The molecule has 1 heterocycles. The molecule has 0 saturated carbocycles. The summed E-state index contributed by atoms with van der Waals surface area (Å²) in [6.07, 6.45) is 1.54. The molecule has 0 radical (unpaired) electrons. The van der Waals surface area contributed by atoms with Gasteiger partial charge in [-0.15, -0.1) is 0 Å². The van der Waals surface area contributed by atoms with Crippen molar-refractivity contribution in [3.05, 3.63) is 57.4 Å². The molecule has 22 heavy (non-hydrogen) atoms. The van der Waals surface area contributed by atoms with Crippen LogP contribution >= 0.6 is 0 Å². The van der Waals surface area contributed by atoms with Gasteiger partial charge in [0, 0.05) is 12.1 Å². The molecule has 3 heteroatoms. The molecule has 0 aliphatic rings. The Morgan fingerprint density at radius 2 is 1.86 bits per heavy atom. The Hall–Kier alpha value is -2.16. The van der Waals surface area contributed by atoms with Gasteiger partial charge in [-0.25, -0.2) is 0 Å². The van der Waals surface area contributed by atoms with Crippen LogP contribution in [0.5, 0.6) is 0 Å². The second kappa shape index (κ2) is 6.73. The van der Waals surface area contributed by atoms with Crippen molar-refractivity contribution in [1.29, 1.82) is 0 Å². The number of aromatic nitrogens is 1. The molecule has 0 saturated heterocycles. The highest BCUT2D eigenvalue weighted by molar-refractivity contribution is 5.76. The Balaban J connectivity index is 2.64. The fourth-order valence-corrected chi connectivity index (χ4v) is 2.54. The summed E-state index contributed by atoms with van der Waals surface area (Å²) in [5, 5.41) is 0. The van der Waals surface area contributed by atoms with Crippen LogP contribution in [0.15, 0.2) is 35.1 Å². The Morgan fingerprint density at radius 1 is 1.14 bits per heavy atom. The van der Waals surface area contributed by atoms with Gasteiger partial charge in [-0.3, -0.25) is 9.59 Å². The molecule has 2 rings (SSSR count).